The monoisotopic (exact) mass is 203 g/mol. The van der Waals surface area contributed by atoms with Crippen molar-refractivity contribution in [2.45, 2.75) is 40.5 Å². The van der Waals surface area contributed by atoms with Gasteiger partial charge in [-0.15, -0.1) is 0 Å². The van der Waals surface area contributed by atoms with Crippen LogP contribution in [0.25, 0.3) is 0 Å². The van der Waals surface area contributed by atoms with Gasteiger partial charge in [0.25, 0.3) is 0 Å². The Morgan fingerprint density at radius 2 is 1.50 bits per heavy atom. The summed E-state index contributed by atoms with van der Waals surface area (Å²) in [7, 11) is 0. The van der Waals surface area contributed by atoms with E-state index in [9.17, 15) is 14.4 Å². The van der Waals surface area contributed by atoms with E-state index in [-0.39, 0.29) is 38.3 Å². The minimum absolute atomic E-state index is 0. The third-order valence-corrected chi connectivity index (χ3v) is 1.24. The maximum absolute atomic E-state index is 10.8. The summed E-state index contributed by atoms with van der Waals surface area (Å²) in [5.41, 5.74) is 0. The van der Waals surface area contributed by atoms with Crippen molar-refractivity contribution in [1.82, 2.24) is 5.32 Å². The molecule has 0 radical (unpaired) electrons. The lowest BCUT2D eigenvalue weighted by Crippen LogP contribution is -2.28. The number of hydrogen-bond acceptors (Lipinski definition) is 3. The molecule has 0 aliphatic rings. The summed E-state index contributed by atoms with van der Waals surface area (Å²) in [6, 6.07) is 0. The summed E-state index contributed by atoms with van der Waals surface area (Å²) in [5.74, 6) is -0.362. The molecule has 0 aliphatic carbocycles. The van der Waals surface area contributed by atoms with Crippen molar-refractivity contribution >= 4 is 17.5 Å². The van der Waals surface area contributed by atoms with Crippen LogP contribution in [-0.4, -0.2) is 24.0 Å². The maximum atomic E-state index is 10.8. The number of carbonyl (C=O) groups excluding carboxylic acids is 3. The minimum Gasteiger partial charge on any atom is -0.349 e. The van der Waals surface area contributed by atoms with Gasteiger partial charge in [0.05, 0.1) is 6.54 Å². The fraction of sp³-hybridized carbons (Fsp3) is 0.700. The van der Waals surface area contributed by atoms with E-state index < -0.39 is 0 Å². The van der Waals surface area contributed by atoms with Crippen LogP contribution in [0.15, 0.2) is 0 Å². The Balaban J connectivity index is -0.000000449. The largest absolute Gasteiger partial charge is 0.349 e. The highest BCUT2D eigenvalue weighted by Crippen LogP contribution is 1.89. The molecule has 0 saturated carbocycles. The maximum Gasteiger partial charge on any atom is 0.220 e. The molecule has 0 aromatic heterocycles. The van der Waals surface area contributed by atoms with Crippen LogP contribution in [0.2, 0.25) is 0 Å². The van der Waals surface area contributed by atoms with Gasteiger partial charge >= 0.3 is 0 Å². The van der Waals surface area contributed by atoms with Gasteiger partial charge in [0.2, 0.25) is 5.91 Å². The van der Waals surface area contributed by atoms with E-state index in [2.05, 4.69) is 5.32 Å². The van der Waals surface area contributed by atoms with E-state index in [1.807, 2.05) is 13.8 Å². The van der Waals surface area contributed by atoms with E-state index in [4.69, 9.17) is 0 Å². The zero-order chi connectivity index (χ0) is 11.6. The zero-order valence-electron chi connectivity index (χ0n) is 9.35. The van der Waals surface area contributed by atoms with Crippen LogP contribution in [0.3, 0.4) is 0 Å². The second-order valence-corrected chi connectivity index (χ2v) is 2.68. The lowest BCUT2D eigenvalue weighted by Gasteiger charge is -2.00. The molecule has 4 heteroatoms. The van der Waals surface area contributed by atoms with Crippen LogP contribution in [0.4, 0.5) is 0 Å². The molecule has 0 aliphatic heterocycles. The van der Waals surface area contributed by atoms with Gasteiger partial charge < -0.3 is 10.1 Å². The first-order valence-corrected chi connectivity index (χ1v) is 4.78. The number of Topliss-reactive ketones (excluding diaryl/α,β-unsaturated/α-hetero) is 2. The smallest absolute Gasteiger partial charge is 0.220 e. The molecular formula is C10H21NO3. The Hall–Kier alpha value is -1.19. The van der Waals surface area contributed by atoms with Gasteiger partial charge in [0, 0.05) is 14.3 Å². The second-order valence-electron chi connectivity index (χ2n) is 2.68. The lowest BCUT2D eigenvalue weighted by molar-refractivity contribution is -0.126. The van der Waals surface area contributed by atoms with Gasteiger partial charge in [0.1, 0.15) is 11.6 Å². The van der Waals surface area contributed by atoms with E-state index in [0.717, 1.165) is 0 Å². The molecule has 0 aromatic carbocycles. The van der Waals surface area contributed by atoms with Gasteiger partial charge in [-0.25, -0.2) is 0 Å². The highest BCUT2D eigenvalue weighted by atomic mass is 16.2. The number of ketones is 2. The summed E-state index contributed by atoms with van der Waals surface area (Å²) in [6.45, 7) is 6.88. The first kappa shape index (κ1) is 15.3. The average molecular weight is 203 g/mol. The standard InChI is InChI=1S/C8H13NO3.C2H6.H2/c1-6(10)3-4-8(12)9-5-7(2)11;1-2;/h3-5H2,1-2H3,(H,9,12);1-2H3;1H. The van der Waals surface area contributed by atoms with E-state index >= 15 is 0 Å². The van der Waals surface area contributed by atoms with E-state index in [1.54, 1.807) is 0 Å². The average Bonchev–Trinajstić information content (AvgIpc) is 2.14. The Labute approximate surface area is 86.5 Å². The van der Waals surface area contributed by atoms with Crippen LogP contribution < -0.4 is 5.32 Å². The number of nitrogens with one attached hydrogen (secondary N) is 1. The molecule has 14 heavy (non-hydrogen) atoms. The number of hydrogen-bond donors (Lipinski definition) is 1. The summed E-state index contributed by atoms with van der Waals surface area (Å²) in [5, 5.41) is 2.40. The van der Waals surface area contributed by atoms with E-state index in [1.165, 1.54) is 13.8 Å². The Morgan fingerprint density at radius 1 is 1.00 bits per heavy atom. The fourth-order valence-electron chi connectivity index (χ4n) is 0.601. The minimum atomic E-state index is -0.250. The molecular weight excluding hydrogens is 182 g/mol. The molecule has 0 rings (SSSR count). The van der Waals surface area contributed by atoms with Gasteiger partial charge in [-0.2, -0.15) is 0 Å². The molecule has 0 fully saturated rings. The number of amides is 1. The highest BCUT2D eigenvalue weighted by Gasteiger charge is 2.03. The molecule has 4 nitrogen and oxygen atoms in total. The predicted octanol–water partition coefficient (Wildman–Crippen LogP) is 1.33. The summed E-state index contributed by atoms with van der Waals surface area (Å²) < 4.78 is 0. The van der Waals surface area contributed by atoms with Crippen LogP contribution in [-0.2, 0) is 14.4 Å². The van der Waals surface area contributed by atoms with Crippen molar-refractivity contribution in [1.29, 1.82) is 0 Å². The molecule has 84 valence electrons. The van der Waals surface area contributed by atoms with Crippen LogP contribution in [0, 0.1) is 0 Å². The van der Waals surface area contributed by atoms with Crippen molar-refractivity contribution in [2.24, 2.45) is 0 Å². The van der Waals surface area contributed by atoms with Crippen molar-refractivity contribution in [3.05, 3.63) is 0 Å². The van der Waals surface area contributed by atoms with Crippen LogP contribution in [0.5, 0.6) is 0 Å². The van der Waals surface area contributed by atoms with Crippen molar-refractivity contribution in [3.8, 4) is 0 Å². The summed E-state index contributed by atoms with van der Waals surface area (Å²) >= 11 is 0. The van der Waals surface area contributed by atoms with Gasteiger partial charge in [0.15, 0.2) is 0 Å². The summed E-state index contributed by atoms with van der Waals surface area (Å²) in [6.07, 6.45) is 0.409. The third-order valence-electron chi connectivity index (χ3n) is 1.24. The molecule has 1 amide bonds. The molecule has 0 spiro atoms. The topological polar surface area (TPSA) is 63.2 Å². The number of carbonyl (C=O) groups is 3. The Bertz CT molecular complexity index is 185. The first-order chi connectivity index (χ1) is 6.52. The molecule has 0 saturated heterocycles. The summed E-state index contributed by atoms with van der Waals surface area (Å²) in [4.78, 5) is 31.7. The normalized spacial score (nSPS) is 8.29. The van der Waals surface area contributed by atoms with Gasteiger partial charge in [-0.3, -0.25) is 9.59 Å². The van der Waals surface area contributed by atoms with Crippen molar-refractivity contribution < 1.29 is 15.8 Å². The number of rotatable bonds is 5. The zero-order valence-corrected chi connectivity index (χ0v) is 9.35. The van der Waals surface area contributed by atoms with E-state index in [0.29, 0.717) is 0 Å². The Morgan fingerprint density at radius 3 is 1.86 bits per heavy atom. The second kappa shape index (κ2) is 9.89. The third kappa shape index (κ3) is 13.4. The molecule has 0 atom stereocenters. The van der Waals surface area contributed by atoms with Crippen LogP contribution in [0.1, 0.15) is 42.0 Å². The quantitative estimate of drug-likeness (QED) is 0.733. The fourth-order valence-corrected chi connectivity index (χ4v) is 0.601. The molecule has 0 unspecified atom stereocenters. The van der Waals surface area contributed by atoms with Crippen molar-refractivity contribution in [2.75, 3.05) is 6.54 Å². The first-order valence-electron chi connectivity index (χ1n) is 4.78. The SMILES string of the molecule is CC.CC(=O)CCC(=O)NCC(C)=O.[HH]. The predicted molar refractivity (Wildman–Crippen MR) is 57.1 cm³/mol. The molecule has 0 heterocycles. The van der Waals surface area contributed by atoms with Crippen LogP contribution >= 0.6 is 0 Å². The lowest BCUT2D eigenvalue weighted by atomic mass is 10.2. The highest BCUT2D eigenvalue weighted by molar-refractivity contribution is 5.87. The Kier molecular flexibility index (Phi) is 10.8. The molecule has 0 aromatic rings. The molecule has 0 bridgehead atoms. The van der Waals surface area contributed by atoms with Gasteiger partial charge in [-0.1, -0.05) is 13.8 Å². The molecule has 1 N–H and O–H groups in total. The van der Waals surface area contributed by atoms with Gasteiger partial charge in [-0.05, 0) is 13.8 Å². The van der Waals surface area contributed by atoms with Crippen molar-refractivity contribution in [3.63, 3.8) is 0 Å².